The first-order chi connectivity index (χ1) is 9.27. The van der Waals surface area contributed by atoms with Crippen molar-refractivity contribution in [1.29, 1.82) is 0 Å². The van der Waals surface area contributed by atoms with E-state index in [9.17, 15) is 0 Å². The van der Waals surface area contributed by atoms with Crippen LogP contribution in [-0.4, -0.2) is 31.1 Å². The second-order valence-electron chi connectivity index (χ2n) is 5.56. The van der Waals surface area contributed by atoms with Crippen molar-refractivity contribution in [3.63, 3.8) is 0 Å². The summed E-state index contributed by atoms with van der Waals surface area (Å²) in [7, 11) is 0. The van der Waals surface area contributed by atoms with Gasteiger partial charge in [-0.15, -0.1) is 24.8 Å². The molecule has 1 aromatic rings. The van der Waals surface area contributed by atoms with Crippen LogP contribution in [0.25, 0.3) is 0 Å². The Morgan fingerprint density at radius 1 is 1.10 bits per heavy atom. The zero-order valence-corrected chi connectivity index (χ0v) is 15.0. The standard InChI is InChI=1S/C15H20Cl2N2.2ClH/c16-13-6-2-5-12(14(13)17)15(11-3-1-4-11)19-9-7-18-8-10-19;;/h2,5-6,11,15,18H,1,3-4,7-10H2;2*1H/t15-;;/m0../s1. The normalized spacial score (nSPS) is 20.9. The van der Waals surface area contributed by atoms with Crippen LogP contribution in [0.3, 0.4) is 0 Å². The lowest BCUT2D eigenvalue weighted by Crippen LogP contribution is -2.47. The number of halogens is 4. The summed E-state index contributed by atoms with van der Waals surface area (Å²) < 4.78 is 0. The molecule has 1 aliphatic heterocycles. The van der Waals surface area contributed by atoms with Gasteiger partial charge in [0.05, 0.1) is 10.0 Å². The first-order valence-electron chi connectivity index (χ1n) is 7.16. The van der Waals surface area contributed by atoms with Gasteiger partial charge >= 0.3 is 0 Å². The summed E-state index contributed by atoms with van der Waals surface area (Å²) in [6.07, 6.45) is 3.99. The van der Waals surface area contributed by atoms with Crippen molar-refractivity contribution in [3.05, 3.63) is 33.8 Å². The number of nitrogens with one attached hydrogen (secondary N) is 1. The van der Waals surface area contributed by atoms with E-state index < -0.39 is 0 Å². The van der Waals surface area contributed by atoms with E-state index in [1.165, 1.54) is 24.8 Å². The molecule has 120 valence electrons. The summed E-state index contributed by atoms with van der Waals surface area (Å²) in [5, 5.41) is 4.85. The summed E-state index contributed by atoms with van der Waals surface area (Å²) in [6.45, 7) is 4.34. The molecule has 0 aromatic heterocycles. The second kappa shape index (κ2) is 8.81. The second-order valence-corrected chi connectivity index (χ2v) is 6.35. The molecule has 0 spiro atoms. The molecule has 0 radical (unpaired) electrons. The largest absolute Gasteiger partial charge is 0.314 e. The van der Waals surface area contributed by atoms with Crippen LogP contribution in [0.5, 0.6) is 0 Å². The van der Waals surface area contributed by atoms with Crippen molar-refractivity contribution in [2.24, 2.45) is 5.92 Å². The smallest absolute Gasteiger partial charge is 0.0640 e. The van der Waals surface area contributed by atoms with E-state index in [0.717, 1.165) is 37.1 Å². The van der Waals surface area contributed by atoms with Gasteiger partial charge in [-0.2, -0.15) is 0 Å². The Labute approximate surface area is 149 Å². The third-order valence-corrected chi connectivity index (χ3v) is 5.27. The van der Waals surface area contributed by atoms with Gasteiger partial charge in [-0.1, -0.05) is 41.8 Å². The van der Waals surface area contributed by atoms with Crippen LogP contribution < -0.4 is 5.32 Å². The molecule has 0 unspecified atom stereocenters. The van der Waals surface area contributed by atoms with Gasteiger partial charge in [0.1, 0.15) is 0 Å². The monoisotopic (exact) mass is 370 g/mol. The predicted octanol–water partition coefficient (Wildman–Crippen LogP) is 4.58. The topological polar surface area (TPSA) is 15.3 Å². The van der Waals surface area contributed by atoms with Crippen molar-refractivity contribution >= 4 is 48.0 Å². The van der Waals surface area contributed by atoms with E-state index in [1.54, 1.807) is 0 Å². The fourth-order valence-electron chi connectivity index (χ4n) is 3.21. The Morgan fingerprint density at radius 2 is 1.76 bits per heavy atom. The molecule has 6 heteroatoms. The summed E-state index contributed by atoms with van der Waals surface area (Å²) in [5.74, 6) is 0.745. The Bertz CT molecular complexity index is 445. The molecule has 0 bridgehead atoms. The molecule has 2 nitrogen and oxygen atoms in total. The Morgan fingerprint density at radius 3 is 2.33 bits per heavy atom. The number of benzene rings is 1. The van der Waals surface area contributed by atoms with Gasteiger partial charge in [0.2, 0.25) is 0 Å². The van der Waals surface area contributed by atoms with Gasteiger partial charge in [-0.3, -0.25) is 4.90 Å². The van der Waals surface area contributed by atoms with Crippen LogP contribution in [0.4, 0.5) is 0 Å². The molecular weight excluding hydrogens is 350 g/mol. The minimum atomic E-state index is 0. The minimum Gasteiger partial charge on any atom is -0.314 e. The van der Waals surface area contributed by atoms with Crippen LogP contribution >= 0.6 is 48.0 Å². The first-order valence-corrected chi connectivity index (χ1v) is 7.91. The molecule has 1 heterocycles. The van der Waals surface area contributed by atoms with Gasteiger partial charge < -0.3 is 5.32 Å². The lowest BCUT2D eigenvalue weighted by Gasteiger charge is -2.43. The average molecular weight is 372 g/mol. The maximum atomic E-state index is 6.46. The van der Waals surface area contributed by atoms with E-state index >= 15 is 0 Å². The highest BCUT2D eigenvalue weighted by atomic mass is 35.5. The molecule has 2 fully saturated rings. The predicted molar refractivity (Wildman–Crippen MR) is 95.5 cm³/mol. The summed E-state index contributed by atoms with van der Waals surface area (Å²) in [4.78, 5) is 2.58. The quantitative estimate of drug-likeness (QED) is 0.836. The molecule has 1 saturated carbocycles. The van der Waals surface area contributed by atoms with Crippen molar-refractivity contribution in [2.45, 2.75) is 25.3 Å². The Kier molecular flexibility index (Phi) is 8.11. The lowest BCUT2D eigenvalue weighted by atomic mass is 9.76. The molecule has 0 amide bonds. The van der Waals surface area contributed by atoms with E-state index in [2.05, 4.69) is 16.3 Å². The maximum absolute atomic E-state index is 6.46. The van der Waals surface area contributed by atoms with Crippen LogP contribution in [0.1, 0.15) is 30.9 Å². The third-order valence-electron chi connectivity index (χ3n) is 4.44. The van der Waals surface area contributed by atoms with Crippen molar-refractivity contribution in [1.82, 2.24) is 10.2 Å². The zero-order chi connectivity index (χ0) is 13.2. The maximum Gasteiger partial charge on any atom is 0.0640 e. The van der Waals surface area contributed by atoms with E-state index in [1.807, 2.05) is 12.1 Å². The molecule has 1 saturated heterocycles. The molecule has 1 atom stereocenters. The fraction of sp³-hybridized carbons (Fsp3) is 0.600. The van der Waals surface area contributed by atoms with E-state index in [-0.39, 0.29) is 24.8 Å². The zero-order valence-electron chi connectivity index (χ0n) is 11.9. The molecule has 1 aromatic carbocycles. The van der Waals surface area contributed by atoms with Crippen molar-refractivity contribution in [3.8, 4) is 0 Å². The molecule has 1 N–H and O–H groups in total. The Balaban J connectivity index is 0.00000110. The van der Waals surface area contributed by atoms with Crippen LogP contribution in [-0.2, 0) is 0 Å². The lowest BCUT2D eigenvalue weighted by molar-refractivity contribution is 0.0838. The highest BCUT2D eigenvalue weighted by Gasteiger charge is 2.34. The highest BCUT2D eigenvalue weighted by molar-refractivity contribution is 6.42. The number of hydrogen-bond acceptors (Lipinski definition) is 2. The first kappa shape index (κ1) is 19.3. The average Bonchev–Trinajstić information content (AvgIpc) is 2.38. The van der Waals surface area contributed by atoms with Gasteiger partial charge in [0.15, 0.2) is 0 Å². The van der Waals surface area contributed by atoms with Crippen LogP contribution in [0.2, 0.25) is 10.0 Å². The molecule has 3 rings (SSSR count). The van der Waals surface area contributed by atoms with Crippen LogP contribution in [0.15, 0.2) is 18.2 Å². The van der Waals surface area contributed by atoms with E-state index in [0.29, 0.717) is 11.1 Å². The summed E-state index contributed by atoms with van der Waals surface area (Å²) in [5.41, 5.74) is 1.22. The summed E-state index contributed by atoms with van der Waals surface area (Å²) >= 11 is 12.7. The molecule has 1 aliphatic carbocycles. The van der Waals surface area contributed by atoms with Gasteiger partial charge in [-0.05, 0) is 30.4 Å². The summed E-state index contributed by atoms with van der Waals surface area (Å²) in [6, 6.07) is 6.50. The number of rotatable bonds is 3. The number of piperazine rings is 1. The molecule has 21 heavy (non-hydrogen) atoms. The molecule has 2 aliphatic rings. The third kappa shape index (κ3) is 4.19. The van der Waals surface area contributed by atoms with Gasteiger partial charge in [-0.25, -0.2) is 0 Å². The number of nitrogens with zero attached hydrogens (tertiary/aromatic N) is 1. The SMILES string of the molecule is Cl.Cl.Clc1cccc([C@H](C2CCC2)N2CCNCC2)c1Cl. The van der Waals surface area contributed by atoms with E-state index in [4.69, 9.17) is 23.2 Å². The molecular formula is C15H22Cl4N2. The van der Waals surface area contributed by atoms with Gasteiger partial charge in [0.25, 0.3) is 0 Å². The minimum absolute atomic E-state index is 0. The fourth-order valence-corrected chi connectivity index (χ4v) is 3.63. The van der Waals surface area contributed by atoms with Crippen molar-refractivity contribution in [2.75, 3.05) is 26.2 Å². The van der Waals surface area contributed by atoms with Crippen LogP contribution in [0, 0.1) is 5.92 Å². The highest BCUT2D eigenvalue weighted by Crippen LogP contribution is 2.44. The van der Waals surface area contributed by atoms with Crippen molar-refractivity contribution < 1.29 is 0 Å². The van der Waals surface area contributed by atoms with Gasteiger partial charge in [0, 0.05) is 32.2 Å². The Hall–Kier alpha value is 0.300. The number of hydrogen-bond donors (Lipinski definition) is 1.